The van der Waals surface area contributed by atoms with Crippen molar-refractivity contribution in [3.8, 4) is 11.4 Å². The van der Waals surface area contributed by atoms with Crippen LogP contribution in [0, 0.1) is 0 Å². The van der Waals surface area contributed by atoms with Crippen LogP contribution in [0.3, 0.4) is 0 Å². The van der Waals surface area contributed by atoms with Crippen LogP contribution in [0.2, 0.25) is 0 Å². The maximum atomic E-state index is 4.82. The van der Waals surface area contributed by atoms with E-state index in [4.69, 9.17) is 4.98 Å². The lowest BCUT2D eigenvalue weighted by Gasteiger charge is -2.13. The van der Waals surface area contributed by atoms with E-state index < -0.39 is 0 Å². The minimum atomic E-state index is 0.687. The number of aromatic nitrogens is 3. The highest BCUT2D eigenvalue weighted by molar-refractivity contribution is 8.00. The molecule has 1 aliphatic rings. The van der Waals surface area contributed by atoms with Crippen LogP contribution in [0.1, 0.15) is 12.8 Å². The first-order valence-electron chi connectivity index (χ1n) is 7.40. The van der Waals surface area contributed by atoms with Gasteiger partial charge in [-0.15, -0.1) is 0 Å². The maximum absolute atomic E-state index is 4.82. The summed E-state index contributed by atoms with van der Waals surface area (Å²) in [4.78, 5) is 9.38. The van der Waals surface area contributed by atoms with Gasteiger partial charge in [0.05, 0.1) is 0 Å². The van der Waals surface area contributed by atoms with Gasteiger partial charge in [0.15, 0.2) is 5.65 Å². The third-order valence-electron chi connectivity index (χ3n) is 3.95. The van der Waals surface area contributed by atoms with Crippen molar-refractivity contribution in [2.24, 2.45) is 0 Å². The van der Waals surface area contributed by atoms with Crippen LogP contribution in [0.15, 0.2) is 48.7 Å². The van der Waals surface area contributed by atoms with Gasteiger partial charge in [-0.05, 0) is 30.7 Å². The van der Waals surface area contributed by atoms with Crippen molar-refractivity contribution < 1.29 is 0 Å². The molecular weight excluding hydrogens is 278 g/mol. The van der Waals surface area contributed by atoms with Gasteiger partial charge in [-0.2, -0.15) is 11.8 Å². The third-order valence-corrected chi connectivity index (χ3v) is 5.33. The summed E-state index contributed by atoms with van der Waals surface area (Å²) in [6.45, 7) is 1.00. The van der Waals surface area contributed by atoms with Crippen molar-refractivity contribution in [2.45, 2.75) is 24.6 Å². The van der Waals surface area contributed by atoms with Gasteiger partial charge in [-0.25, -0.2) is 9.97 Å². The number of hydrogen-bond donors (Lipinski definition) is 0. The van der Waals surface area contributed by atoms with Gasteiger partial charge in [-0.3, -0.25) is 0 Å². The Labute approximate surface area is 128 Å². The van der Waals surface area contributed by atoms with Gasteiger partial charge >= 0.3 is 0 Å². The van der Waals surface area contributed by atoms with Crippen LogP contribution >= 0.6 is 11.8 Å². The second-order valence-electron chi connectivity index (χ2n) is 5.39. The van der Waals surface area contributed by atoms with Crippen molar-refractivity contribution in [3.05, 3.63) is 48.7 Å². The molecule has 1 aromatic carbocycles. The smallest absolute Gasteiger partial charge is 0.160 e. The lowest BCUT2D eigenvalue weighted by atomic mass is 10.2. The Hall–Kier alpha value is -1.81. The zero-order valence-corrected chi connectivity index (χ0v) is 12.6. The summed E-state index contributed by atoms with van der Waals surface area (Å²) in [5.74, 6) is 2.32. The molecule has 4 heteroatoms. The van der Waals surface area contributed by atoms with Crippen LogP contribution in [-0.2, 0) is 6.54 Å². The molecule has 2 aromatic heterocycles. The normalized spacial score (nSPS) is 18.4. The SMILES string of the molecule is c1ccc(-c2nc3cccnc3n2CC2CCCS2)cc1. The number of benzene rings is 1. The quantitative estimate of drug-likeness (QED) is 0.732. The van der Waals surface area contributed by atoms with E-state index in [2.05, 4.69) is 45.6 Å². The van der Waals surface area contributed by atoms with Crippen LogP contribution < -0.4 is 0 Å². The topological polar surface area (TPSA) is 30.7 Å². The molecule has 21 heavy (non-hydrogen) atoms. The molecule has 4 rings (SSSR count). The summed E-state index contributed by atoms with van der Waals surface area (Å²) < 4.78 is 2.30. The minimum absolute atomic E-state index is 0.687. The van der Waals surface area contributed by atoms with E-state index in [0.29, 0.717) is 5.25 Å². The molecule has 1 aliphatic heterocycles. The number of rotatable bonds is 3. The van der Waals surface area contributed by atoms with E-state index >= 15 is 0 Å². The van der Waals surface area contributed by atoms with Crippen molar-refractivity contribution in [2.75, 3.05) is 5.75 Å². The first kappa shape index (κ1) is 12.9. The summed E-state index contributed by atoms with van der Waals surface area (Å²) in [5.41, 5.74) is 3.15. The van der Waals surface area contributed by atoms with Crippen molar-refractivity contribution in [1.29, 1.82) is 0 Å². The number of nitrogens with zero attached hydrogens (tertiary/aromatic N) is 3. The lowest BCUT2D eigenvalue weighted by molar-refractivity contribution is 0.653. The number of fused-ring (bicyclic) bond motifs is 1. The third kappa shape index (κ3) is 2.44. The summed E-state index contributed by atoms with van der Waals surface area (Å²) in [5, 5.41) is 0.687. The number of thioether (sulfide) groups is 1. The fraction of sp³-hybridized carbons (Fsp3) is 0.294. The van der Waals surface area contributed by atoms with Crippen molar-refractivity contribution in [1.82, 2.24) is 14.5 Å². The Bertz CT molecular complexity index is 745. The van der Waals surface area contributed by atoms with Gasteiger partial charge in [0.1, 0.15) is 11.3 Å². The van der Waals surface area contributed by atoms with E-state index in [0.717, 1.165) is 23.5 Å². The second-order valence-corrected chi connectivity index (χ2v) is 6.80. The van der Waals surface area contributed by atoms with Crippen molar-refractivity contribution >= 4 is 22.9 Å². The highest BCUT2D eigenvalue weighted by Gasteiger charge is 2.20. The first-order valence-corrected chi connectivity index (χ1v) is 8.45. The molecule has 1 unspecified atom stereocenters. The molecule has 0 radical (unpaired) electrons. The summed E-state index contributed by atoms with van der Waals surface area (Å²) in [6.07, 6.45) is 4.48. The van der Waals surface area contributed by atoms with Gasteiger partial charge < -0.3 is 4.57 Å². The highest BCUT2D eigenvalue weighted by atomic mass is 32.2. The van der Waals surface area contributed by atoms with Gasteiger partial charge in [0.25, 0.3) is 0 Å². The molecule has 1 saturated heterocycles. The highest BCUT2D eigenvalue weighted by Crippen LogP contribution is 2.31. The van der Waals surface area contributed by atoms with E-state index in [1.165, 1.54) is 24.2 Å². The Morgan fingerprint density at radius 2 is 2.05 bits per heavy atom. The molecule has 3 nitrogen and oxygen atoms in total. The average Bonchev–Trinajstić information content (AvgIpc) is 3.17. The molecule has 3 heterocycles. The molecular formula is C17H17N3S. The van der Waals surface area contributed by atoms with E-state index in [-0.39, 0.29) is 0 Å². The predicted molar refractivity (Wildman–Crippen MR) is 88.4 cm³/mol. The summed E-state index contributed by atoms with van der Waals surface area (Å²) in [7, 11) is 0. The van der Waals surface area contributed by atoms with Crippen LogP contribution in [-0.4, -0.2) is 25.5 Å². The average molecular weight is 295 g/mol. The Morgan fingerprint density at radius 1 is 1.14 bits per heavy atom. The van der Waals surface area contributed by atoms with Crippen LogP contribution in [0.5, 0.6) is 0 Å². The molecule has 0 saturated carbocycles. The molecule has 0 spiro atoms. The number of pyridine rings is 1. The minimum Gasteiger partial charge on any atom is -0.308 e. The van der Waals surface area contributed by atoms with Gasteiger partial charge in [0.2, 0.25) is 0 Å². The van der Waals surface area contributed by atoms with Gasteiger partial charge in [0, 0.05) is 23.6 Å². The van der Waals surface area contributed by atoms with Crippen LogP contribution in [0.4, 0.5) is 0 Å². The number of imidazole rings is 1. The summed E-state index contributed by atoms with van der Waals surface area (Å²) in [6, 6.07) is 14.4. The molecule has 0 bridgehead atoms. The molecule has 0 aliphatic carbocycles. The summed E-state index contributed by atoms with van der Waals surface area (Å²) >= 11 is 2.08. The molecule has 106 valence electrons. The fourth-order valence-electron chi connectivity index (χ4n) is 2.93. The van der Waals surface area contributed by atoms with Crippen molar-refractivity contribution in [3.63, 3.8) is 0 Å². The fourth-order valence-corrected chi connectivity index (χ4v) is 4.19. The Balaban J connectivity index is 1.84. The largest absolute Gasteiger partial charge is 0.308 e. The first-order chi connectivity index (χ1) is 10.4. The standard InChI is InChI=1S/C17H17N3S/c1-2-6-13(7-3-1)16-19-15-9-4-10-18-17(15)20(16)12-14-8-5-11-21-14/h1-4,6-7,9-10,14H,5,8,11-12H2. The van der Waals surface area contributed by atoms with Crippen LogP contribution in [0.25, 0.3) is 22.6 Å². The second kappa shape index (κ2) is 5.53. The molecule has 0 N–H and O–H groups in total. The zero-order chi connectivity index (χ0) is 14.1. The van der Waals surface area contributed by atoms with E-state index in [1.54, 1.807) is 0 Å². The monoisotopic (exact) mass is 295 g/mol. The molecule has 1 atom stereocenters. The molecule has 0 amide bonds. The van der Waals surface area contributed by atoms with E-state index in [9.17, 15) is 0 Å². The maximum Gasteiger partial charge on any atom is 0.160 e. The number of hydrogen-bond acceptors (Lipinski definition) is 3. The molecule has 3 aromatic rings. The Morgan fingerprint density at radius 3 is 2.86 bits per heavy atom. The lowest BCUT2D eigenvalue weighted by Crippen LogP contribution is -2.11. The Kier molecular flexibility index (Phi) is 3.39. The molecule has 1 fully saturated rings. The van der Waals surface area contributed by atoms with E-state index in [1.807, 2.05) is 24.4 Å². The van der Waals surface area contributed by atoms with Gasteiger partial charge in [-0.1, -0.05) is 30.3 Å². The predicted octanol–water partition coefficient (Wildman–Crippen LogP) is 3.99. The zero-order valence-electron chi connectivity index (χ0n) is 11.8.